The number of halogens is 1. The summed E-state index contributed by atoms with van der Waals surface area (Å²) in [6.07, 6.45) is 1.67. The second-order valence-corrected chi connectivity index (χ2v) is 8.87. The molecule has 30 heavy (non-hydrogen) atoms. The maximum Gasteiger partial charge on any atom is 0.272 e. The number of anilines is 1. The summed E-state index contributed by atoms with van der Waals surface area (Å²) in [5.41, 5.74) is 12.5. The average Bonchev–Trinajstić information content (AvgIpc) is 3.09. The molecule has 3 aromatic heterocycles. The van der Waals surface area contributed by atoms with Crippen molar-refractivity contribution in [1.82, 2.24) is 15.0 Å². The Morgan fingerprint density at radius 3 is 2.60 bits per heavy atom. The van der Waals surface area contributed by atoms with E-state index in [9.17, 15) is 9.59 Å². The highest BCUT2D eigenvalue weighted by Crippen LogP contribution is 2.21. The van der Waals surface area contributed by atoms with Crippen LogP contribution < -0.4 is 22.0 Å². The number of amides is 1. The fourth-order valence-electron chi connectivity index (χ4n) is 3.18. The van der Waals surface area contributed by atoms with E-state index in [-0.39, 0.29) is 17.9 Å². The van der Waals surface area contributed by atoms with Gasteiger partial charge in [0.15, 0.2) is 0 Å². The summed E-state index contributed by atoms with van der Waals surface area (Å²) in [5.74, 6) is 0.228. The molecule has 0 aliphatic carbocycles. The number of carbonyl (C=O) groups is 1. The van der Waals surface area contributed by atoms with E-state index < -0.39 is 0 Å². The minimum Gasteiger partial charge on any atom is -0.384 e. The first-order chi connectivity index (χ1) is 14.2. The minimum absolute atomic E-state index is 0.00148. The van der Waals surface area contributed by atoms with Crippen LogP contribution in [0, 0.1) is 20.8 Å². The molecule has 3 aromatic rings. The number of nitrogens with one attached hydrogen (secondary N) is 2. The third-order valence-corrected chi connectivity index (χ3v) is 6.08. The summed E-state index contributed by atoms with van der Waals surface area (Å²) >= 11 is 7.39. The molecule has 0 unspecified atom stereocenters. The lowest BCUT2D eigenvalue weighted by molar-refractivity contribution is -0.120. The van der Waals surface area contributed by atoms with Crippen molar-refractivity contribution in [3.63, 3.8) is 0 Å². The largest absolute Gasteiger partial charge is 0.384 e. The molecule has 0 bridgehead atoms. The molecule has 3 heterocycles. The highest BCUT2D eigenvalue weighted by Gasteiger charge is 2.14. The van der Waals surface area contributed by atoms with E-state index in [2.05, 4.69) is 15.7 Å². The molecule has 3 rings (SSSR count). The van der Waals surface area contributed by atoms with Gasteiger partial charge < -0.3 is 16.5 Å². The van der Waals surface area contributed by atoms with E-state index in [1.54, 1.807) is 12.3 Å². The number of pyridine rings is 2. The van der Waals surface area contributed by atoms with Crippen LogP contribution in [0.25, 0.3) is 0 Å². The zero-order chi connectivity index (χ0) is 21.8. The molecule has 0 radical (unpaired) electrons. The highest BCUT2D eigenvalue weighted by molar-refractivity contribution is 7.16. The maximum absolute atomic E-state index is 12.8. The van der Waals surface area contributed by atoms with Crippen LogP contribution in [-0.4, -0.2) is 15.6 Å². The Kier molecular flexibility index (Phi) is 6.79. The van der Waals surface area contributed by atoms with E-state index in [0.717, 1.165) is 27.3 Å². The van der Waals surface area contributed by atoms with Crippen LogP contribution in [0.5, 0.6) is 0 Å². The predicted octanol–water partition coefficient (Wildman–Crippen LogP) is 3.07. The van der Waals surface area contributed by atoms with E-state index in [4.69, 9.17) is 17.3 Å². The number of nitrogen functional groups attached to an aromatic ring is 1. The van der Waals surface area contributed by atoms with E-state index in [1.807, 2.05) is 39.0 Å². The number of hydrogen-bond acceptors (Lipinski definition) is 6. The van der Waals surface area contributed by atoms with Crippen LogP contribution in [0.2, 0.25) is 4.34 Å². The van der Waals surface area contributed by atoms with Crippen LogP contribution in [0.15, 0.2) is 35.3 Å². The lowest BCUT2D eigenvalue weighted by Gasteiger charge is -2.14. The molecule has 0 aliphatic heterocycles. The van der Waals surface area contributed by atoms with Gasteiger partial charge in [-0.05, 0) is 61.7 Å². The Hall–Kier alpha value is -2.84. The van der Waals surface area contributed by atoms with Crippen molar-refractivity contribution in [3.8, 4) is 0 Å². The summed E-state index contributed by atoms with van der Waals surface area (Å²) in [5, 5.41) is 2.88. The SMILES string of the molecule is Cc1cc(N)nc(C)c1CNC(=O)Cc1c(C)ccn(NCc2ccc(Cl)s2)c1=O. The summed E-state index contributed by atoms with van der Waals surface area (Å²) in [6, 6.07) is 7.32. The summed E-state index contributed by atoms with van der Waals surface area (Å²) < 4.78 is 2.10. The fourth-order valence-corrected chi connectivity index (χ4v) is 4.20. The zero-order valence-electron chi connectivity index (χ0n) is 17.1. The van der Waals surface area contributed by atoms with Crippen molar-refractivity contribution < 1.29 is 4.79 Å². The Balaban J connectivity index is 1.68. The molecule has 0 fully saturated rings. The van der Waals surface area contributed by atoms with Crippen molar-refractivity contribution in [2.75, 3.05) is 11.2 Å². The van der Waals surface area contributed by atoms with Gasteiger partial charge >= 0.3 is 0 Å². The zero-order valence-corrected chi connectivity index (χ0v) is 18.7. The summed E-state index contributed by atoms with van der Waals surface area (Å²) in [4.78, 5) is 30.6. The van der Waals surface area contributed by atoms with Gasteiger partial charge in [-0.25, -0.2) is 9.66 Å². The molecule has 1 amide bonds. The van der Waals surface area contributed by atoms with Crippen molar-refractivity contribution in [1.29, 1.82) is 0 Å². The quantitative estimate of drug-likeness (QED) is 0.518. The van der Waals surface area contributed by atoms with Crippen LogP contribution in [0.1, 0.15) is 32.8 Å². The van der Waals surface area contributed by atoms with Crippen molar-refractivity contribution >= 4 is 34.7 Å². The minimum atomic E-state index is -0.241. The Morgan fingerprint density at radius 1 is 1.17 bits per heavy atom. The van der Waals surface area contributed by atoms with Gasteiger partial charge in [-0.2, -0.15) is 0 Å². The van der Waals surface area contributed by atoms with Gasteiger partial charge in [0, 0.05) is 28.9 Å². The van der Waals surface area contributed by atoms with Gasteiger partial charge in [0.1, 0.15) is 5.82 Å². The number of carbonyl (C=O) groups excluding carboxylic acids is 1. The summed E-state index contributed by atoms with van der Waals surface area (Å²) in [7, 11) is 0. The van der Waals surface area contributed by atoms with Gasteiger partial charge in [0.25, 0.3) is 5.56 Å². The number of aryl methyl sites for hydroxylation is 3. The lowest BCUT2D eigenvalue weighted by Crippen LogP contribution is -2.34. The molecule has 9 heteroatoms. The maximum atomic E-state index is 12.8. The van der Waals surface area contributed by atoms with E-state index >= 15 is 0 Å². The fraction of sp³-hybridized carbons (Fsp3) is 0.286. The van der Waals surface area contributed by atoms with E-state index in [1.165, 1.54) is 16.0 Å². The highest BCUT2D eigenvalue weighted by atomic mass is 35.5. The topological polar surface area (TPSA) is 102 Å². The van der Waals surface area contributed by atoms with Crippen LogP contribution in [0.4, 0.5) is 5.82 Å². The molecule has 4 N–H and O–H groups in total. The molecular formula is C21H24ClN5O2S. The number of hydrogen-bond donors (Lipinski definition) is 3. The van der Waals surface area contributed by atoms with Gasteiger partial charge in [-0.1, -0.05) is 11.6 Å². The van der Waals surface area contributed by atoms with Crippen LogP contribution in [-0.2, 0) is 24.3 Å². The molecular weight excluding hydrogens is 422 g/mol. The van der Waals surface area contributed by atoms with Gasteiger partial charge in [-0.15, -0.1) is 11.3 Å². The lowest BCUT2D eigenvalue weighted by atomic mass is 10.1. The first-order valence-corrected chi connectivity index (χ1v) is 10.6. The number of nitrogens with two attached hydrogens (primary N) is 1. The smallest absolute Gasteiger partial charge is 0.272 e. The molecule has 0 saturated carbocycles. The van der Waals surface area contributed by atoms with Gasteiger partial charge in [0.05, 0.1) is 17.3 Å². The molecule has 7 nitrogen and oxygen atoms in total. The standard InChI is InChI=1S/C21H24ClN5O2S/c1-12-6-7-27(25-10-15-4-5-18(22)30-15)21(29)16(12)9-20(28)24-11-17-13(2)8-19(23)26-14(17)3/h4-8,25H,9-11H2,1-3H3,(H2,23,26)(H,24,28). The average molecular weight is 446 g/mol. The molecule has 0 aromatic carbocycles. The van der Waals surface area contributed by atoms with Crippen molar-refractivity contribution in [2.24, 2.45) is 0 Å². The number of nitrogens with zero attached hydrogens (tertiary/aromatic N) is 2. The Labute approximate surface area is 183 Å². The predicted molar refractivity (Wildman–Crippen MR) is 122 cm³/mol. The third-order valence-electron chi connectivity index (χ3n) is 4.85. The second-order valence-electron chi connectivity index (χ2n) is 7.07. The second kappa shape index (κ2) is 9.32. The molecule has 158 valence electrons. The molecule has 0 saturated heterocycles. The molecule has 0 spiro atoms. The first-order valence-electron chi connectivity index (χ1n) is 9.43. The first kappa shape index (κ1) is 21.9. The van der Waals surface area contributed by atoms with Gasteiger partial charge in [0.2, 0.25) is 5.91 Å². The number of rotatable bonds is 7. The Morgan fingerprint density at radius 2 is 1.93 bits per heavy atom. The normalized spacial score (nSPS) is 10.8. The van der Waals surface area contributed by atoms with Crippen molar-refractivity contribution in [2.45, 2.75) is 40.3 Å². The van der Waals surface area contributed by atoms with Crippen molar-refractivity contribution in [3.05, 3.63) is 78.0 Å². The molecule has 0 aliphatic rings. The third kappa shape index (κ3) is 5.20. The van der Waals surface area contributed by atoms with E-state index in [0.29, 0.717) is 28.8 Å². The number of aromatic nitrogens is 2. The summed E-state index contributed by atoms with van der Waals surface area (Å²) in [6.45, 7) is 6.41. The number of thiophene rings is 1. The van der Waals surface area contributed by atoms with Crippen LogP contribution >= 0.6 is 22.9 Å². The van der Waals surface area contributed by atoms with Crippen LogP contribution in [0.3, 0.4) is 0 Å². The monoisotopic (exact) mass is 445 g/mol. The van der Waals surface area contributed by atoms with Gasteiger partial charge in [-0.3, -0.25) is 9.59 Å². The molecule has 0 atom stereocenters. The Bertz CT molecular complexity index is 1120.